The SMILES string of the molecule is CCO[C@@H](C1C[C@@H](C)[C@H]2C(O1)[C@H](O)C1(C)C3CC[C@H]4C(C)(C)C(OC5CN(Cc6ccccc6)CCO5)CCC45CC35CCC21C)C(C)(C)O. The highest BCUT2D eigenvalue weighted by Crippen LogP contribution is 2.89. The van der Waals surface area contributed by atoms with Gasteiger partial charge in [0.25, 0.3) is 0 Å². The number of morpholine rings is 1. The summed E-state index contributed by atoms with van der Waals surface area (Å²) in [6.07, 6.45) is 7.98. The standard InChI is InChI=1S/C43H67NO6/c1-9-47-37(39(5,6)46)29-23-27(2)34-35(49-29)36(45)41(8)31-16-15-30-38(3,4)32(17-18-42(30)26-43(31,42)20-19-40(34,41)7)50-33-25-44(21-22-48-33)24-28-13-11-10-12-14-28/h10-14,27,29-37,45-46H,9,15-26H2,1-8H3/t27-,29?,30+,31?,32?,33?,34+,35?,36+,37+,40?,41?,42?,43?/m1/s1. The molecule has 14 atom stereocenters. The molecule has 8 rings (SSSR count). The number of aliphatic hydroxyl groups excluding tert-OH is 1. The summed E-state index contributed by atoms with van der Waals surface area (Å²) in [6.45, 7) is 22.0. The first-order valence-electron chi connectivity index (χ1n) is 20.3. The molecule has 0 bridgehead atoms. The van der Waals surface area contributed by atoms with Gasteiger partial charge in [-0.1, -0.05) is 65.0 Å². The lowest BCUT2D eigenvalue weighted by molar-refractivity contribution is -0.249. The van der Waals surface area contributed by atoms with Gasteiger partial charge in [-0.3, -0.25) is 4.90 Å². The third kappa shape index (κ3) is 5.06. The normalized spacial score (nSPS) is 48.8. The Bertz CT molecular complexity index is 1400. The van der Waals surface area contributed by atoms with Gasteiger partial charge in [0.2, 0.25) is 0 Å². The molecule has 50 heavy (non-hydrogen) atoms. The number of aliphatic hydroxyl groups is 2. The van der Waals surface area contributed by atoms with Crippen LogP contribution < -0.4 is 0 Å². The van der Waals surface area contributed by atoms with Crippen molar-refractivity contribution in [2.75, 3.05) is 26.3 Å². The topological polar surface area (TPSA) is 80.6 Å². The van der Waals surface area contributed by atoms with Crippen LogP contribution in [0.2, 0.25) is 0 Å². The Hall–Kier alpha value is -1.06. The van der Waals surface area contributed by atoms with Crippen LogP contribution in [0.1, 0.15) is 112 Å². The van der Waals surface area contributed by atoms with Crippen LogP contribution in [0.5, 0.6) is 0 Å². The average molecular weight is 694 g/mol. The highest BCUT2D eigenvalue weighted by atomic mass is 16.7. The molecule has 2 spiro atoms. The maximum Gasteiger partial charge on any atom is 0.170 e. The fourth-order valence-electron chi connectivity index (χ4n) is 14.6. The van der Waals surface area contributed by atoms with Crippen LogP contribution in [-0.4, -0.2) is 83.8 Å². The van der Waals surface area contributed by atoms with Gasteiger partial charge >= 0.3 is 0 Å². The number of nitrogens with zero attached hydrogens (tertiary/aromatic N) is 1. The summed E-state index contributed by atoms with van der Waals surface area (Å²) in [5, 5.41) is 23.7. The lowest BCUT2D eigenvalue weighted by Crippen LogP contribution is -2.60. The number of benzene rings is 1. The molecule has 7 aliphatic rings. The fourth-order valence-corrected chi connectivity index (χ4v) is 14.6. The Morgan fingerprint density at radius 3 is 2.44 bits per heavy atom. The first kappa shape index (κ1) is 35.9. The molecule has 7 fully saturated rings. The number of rotatable bonds is 8. The van der Waals surface area contributed by atoms with Gasteiger partial charge in [-0.15, -0.1) is 0 Å². The van der Waals surface area contributed by atoms with Crippen LogP contribution in [0.4, 0.5) is 0 Å². The van der Waals surface area contributed by atoms with Gasteiger partial charge < -0.3 is 29.2 Å². The van der Waals surface area contributed by atoms with E-state index in [0.717, 1.165) is 39.1 Å². The van der Waals surface area contributed by atoms with E-state index in [1.165, 1.54) is 44.1 Å². The smallest absolute Gasteiger partial charge is 0.170 e. The average Bonchev–Trinajstić information content (AvgIpc) is 3.70. The molecule has 5 saturated carbocycles. The van der Waals surface area contributed by atoms with Gasteiger partial charge in [-0.05, 0) is 123 Å². The van der Waals surface area contributed by atoms with Crippen LogP contribution in [0.25, 0.3) is 0 Å². The highest BCUT2D eigenvalue weighted by molar-refractivity contribution is 5.33. The Labute approximate surface area is 302 Å². The zero-order valence-corrected chi connectivity index (χ0v) is 32.3. The van der Waals surface area contributed by atoms with Crippen molar-refractivity contribution in [1.82, 2.24) is 4.90 Å². The van der Waals surface area contributed by atoms with Gasteiger partial charge in [-0.25, -0.2) is 0 Å². The van der Waals surface area contributed by atoms with Crippen LogP contribution in [-0.2, 0) is 25.5 Å². The third-order valence-electron chi connectivity index (χ3n) is 16.8. The van der Waals surface area contributed by atoms with Crippen molar-refractivity contribution in [3.63, 3.8) is 0 Å². The van der Waals surface area contributed by atoms with E-state index in [1.807, 2.05) is 20.8 Å². The van der Waals surface area contributed by atoms with Crippen LogP contribution in [0, 0.1) is 50.7 Å². The van der Waals surface area contributed by atoms with Crippen molar-refractivity contribution in [2.45, 2.75) is 156 Å². The van der Waals surface area contributed by atoms with Crippen molar-refractivity contribution in [2.24, 2.45) is 50.7 Å². The summed E-state index contributed by atoms with van der Waals surface area (Å²) in [5.41, 5.74) is 0.862. The summed E-state index contributed by atoms with van der Waals surface area (Å²) in [7, 11) is 0. The number of fused-ring (bicyclic) bond motifs is 4. The largest absolute Gasteiger partial charge is 0.390 e. The predicted octanol–water partition coefficient (Wildman–Crippen LogP) is 7.22. The van der Waals surface area contributed by atoms with E-state index in [-0.39, 0.29) is 40.8 Å². The lowest BCUT2D eigenvalue weighted by Gasteiger charge is -2.64. The lowest BCUT2D eigenvalue weighted by atomic mass is 9.41. The molecule has 2 N–H and O–H groups in total. The van der Waals surface area contributed by atoms with Gasteiger partial charge in [0.15, 0.2) is 6.29 Å². The summed E-state index contributed by atoms with van der Waals surface area (Å²) >= 11 is 0. The molecule has 0 radical (unpaired) electrons. The number of hydrogen-bond donors (Lipinski definition) is 2. The molecule has 0 amide bonds. The Kier molecular flexibility index (Phi) is 8.79. The molecule has 5 aliphatic carbocycles. The molecular formula is C43H67NO6. The maximum absolute atomic E-state index is 12.6. The van der Waals surface area contributed by atoms with Crippen molar-refractivity contribution < 1.29 is 29.2 Å². The quantitative estimate of drug-likeness (QED) is 0.298. The molecule has 2 heterocycles. The Morgan fingerprint density at radius 1 is 1.00 bits per heavy atom. The molecule has 7 heteroatoms. The monoisotopic (exact) mass is 693 g/mol. The molecular weight excluding hydrogens is 626 g/mol. The molecule has 2 saturated heterocycles. The van der Waals surface area contributed by atoms with E-state index in [2.05, 4.69) is 69.9 Å². The van der Waals surface area contributed by atoms with Gasteiger partial charge in [0.05, 0.1) is 36.6 Å². The van der Waals surface area contributed by atoms with Crippen molar-refractivity contribution >= 4 is 0 Å². The summed E-state index contributed by atoms with van der Waals surface area (Å²) < 4.78 is 26.4. The van der Waals surface area contributed by atoms with Crippen LogP contribution in [0.15, 0.2) is 30.3 Å². The van der Waals surface area contributed by atoms with Crippen LogP contribution >= 0.6 is 0 Å². The minimum Gasteiger partial charge on any atom is -0.390 e. The summed E-state index contributed by atoms with van der Waals surface area (Å²) in [6, 6.07) is 10.8. The molecule has 9 unspecified atom stereocenters. The predicted molar refractivity (Wildman–Crippen MR) is 194 cm³/mol. The van der Waals surface area contributed by atoms with Crippen molar-refractivity contribution in [3.05, 3.63) is 35.9 Å². The molecule has 7 nitrogen and oxygen atoms in total. The molecule has 280 valence electrons. The maximum atomic E-state index is 12.6. The van der Waals surface area contributed by atoms with E-state index in [0.29, 0.717) is 41.1 Å². The van der Waals surface area contributed by atoms with E-state index < -0.39 is 17.8 Å². The van der Waals surface area contributed by atoms with Crippen molar-refractivity contribution in [1.29, 1.82) is 0 Å². The van der Waals surface area contributed by atoms with Crippen molar-refractivity contribution in [3.8, 4) is 0 Å². The highest BCUT2D eigenvalue weighted by Gasteiger charge is 2.84. The number of hydrogen-bond acceptors (Lipinski definition) is 7. The Balaban J connectivity index is 1.00. The van der Waals surface area contributed by atoms with Gasteiger partial charge in [0.1, 0.15) is 6.10 Å². The second kappa shape index (κ2) is 12.2. The molecule has 1 aromatic carbocycles. The fraction of sp³-hybridized carbons (Fsp3) is 0.860. The van der Waals surface area contributed by atoms with Crippen LogP contribution in [0.3, 0.4) is 0 Å². The van der Waals surface area contributed by atoms with Gasteiger partial charge in [0, 0.05) is 31.7 Å². The van der Waals surface area contributed by atoms with E-state index in [9.17, 15) is 10.2 Å². The first-order valence-corrected chi connectivity index (χ1v) is 20.3. The Morgan fingerprint density at radius 2 is 1.72 bits per heavy atom. The molecule has 2 aliphatic heterocycles. The minimum absolute atomic E-state index is 0.0175. The minimum atomic E-state index is -1.01. The van der Waals surface area contributed by atoms with Gasteiger partial charge in [-0.2, -0.15) is 0 Å². The second-order valence-electron chi connectivity index (χ2n) is 19.7. The second-order valence-corrected chi connectivity index (χ2v) is 19.7. The zero-order chi connectivity index (χ0) is 35.5. The van der Waals surface area contributed by atoms with E-state index in [4.69, 9.17) is 18.9 Å². The van der Waals surface area contributed by atoms with E-state index in [1.54, 1.807) is 0 Å². The van der Waals surface area contributed by atoms with E-state index >= 15 is 0 Å². The zero-order valence-electron chi connectivity index (χ0n) is 32.3. The molecule has 0 aromatic heterocycles. The summed E-state index contributed by atoms with van der Waals surface area (Å²) in [5.74, 6) is 1.82. The summed E-state index contributed by atoms with van der Waals surface area (Å²) in [4.78, 5) is 2.49. The third-order valence-corrected chi connectivity index (χ3v) is 16.8. The molecule has 1 aromatic rings. The first-order chi connectivity index (χ1) is 23.6. The number of ether oxygens (including phenoxy) is 4.